The minimum Gasteiger partial charge on any atom is -0.294 e. The Hall–Kier alpha value is -1.42. The molecule has 4 atom stereocenters. The predicted octanol–water partition coefficient (Wildman–Crippen LogP) is 4.50. The van der Waals surface area contributed by atoms with Gasteiger partial charge in [0.2, 0.25) is 0 Å². The third kappa shape index (κ3) is 1.79. The maximum Gasteiger partial charge on any atom is 0.167 e. The second kappa shape index (κ2) is 4.89. The third-order valence-corrected chi connectivity index (χ3v) is 9.27. The summed E-state index contributed by atoms with van der Waals surface area (Å²) in [4.78, 5) is 25.9. The number of Topliss-reactive ketones (excluding diaryl/α,β-unsaturated/α-hetero) is 2. The van der Waals surface area contributed by atoms with E-state index in [0.717, 1.165) is 30.7 Å². The van der Waals surface area contributed by atoms with E-state index in [9.17, 15) is 14.8 Å². The first-order chi connectivity index (χ1) is 11.9. The second-order valence-electron chi connectivity index (χ2n) is 10.5. The van der Waals surface area contributed by atoms with Crippen LogP contribution in [0.1, 0.15) is 67.2 Å². The van der Waals surface area contributed by atoms with E-state index < -0.39 is 0 Å². The van der Waals surface area contributed by atoms with E-state index in [4.69, 9.17) is 0 Å². The molecule has 4 rings (SSSR count). The van der Waals surface area contributed by atoms with Gasteiger partial charge in [0.1, 0.15) is 0 Å². The molecule has 4 aliphatic rings. The SMILES string of the molecule is CC1(C)[C@H]2CC[C@@]1(C)C(=O)/C2=C\N(O)/C=C1\C(=O)[C@@]2(C)CC[C@H]1C2(C)C. The molecule has 4 bridgehead atoms. The van der Waals surface area contributed by atoms with Gasteiger partial charge in [-0.1, -0.05) is 41.5 Å². The summed E-state index contributed by atoms with van der Waals surface area (Å²) in [7, 11) is 0. The van der Waals surface area contributed by atoms with Gasteiger partial charge in [0.25, 0.3) is 0 Å². The van der Waals surface area contributed by atoms with Gasteiger partial charge in [-0.05, 0) is 48.3 Å². The Balaban J connectivity index is 1.66. The molecule has 0 amide bonds. The molecule has 0 aliphatic heterocycles. The molecular weight excluding hydrogens is 326 g/mol. The zero-order valence-corrected chi connectivity index (χ0v) is 16.8. The first-order valence-electron chi connectivity index (χ1n) is 9.88. The Bertz CT molecular complexity index is 710. The summed E-state index contributed by atoms with van der Waals surface area (Å²) in [6.07, 6.45) is 6.94. The monoisotopic (exact) mass is 357 g/mol. The van der Waals surface area contributed by atoms with Crippen LogP contribution in [0.5, 0.6) is 0 Å². The number of fused-ring (bicyclic) bond motifs is 4. The molecule has 0 unspecified atom stereocenters. The summed E-state index contributed by atoms with van der Waals surface area (Å²) in [5.41, 5.74) is 0.585. The fraction of sp³-hybridized carbons (Fsp3) is 0.727. The van der Waals surface area contributed by atoms with E-state index in [1.807, 2.05) is 0 Å². The first-order valence-corrected chi connectivity index (χ1v) is 9.88. The van der Waals surface area contributed by atoms with Crippen molar-refractivity contribution in [3.8, 4) is 0 Å². The summed E-state index contributed by atoms with van der Waals surface area (Å²) >= 11 is 0. The smallest absolute Gasteiger partial charge is 0.167 e. The zero-order chi connectivity index (χ0) is 19.3. The first kappa shape index (κ1) is 18.0. The standard InChI is InChI=1S/C22H31NO3/c1-19(2)15-7-9-21(19,5)17(24)13(15)11-23(26)12-14-16-8-10-22(6,18(14)25)20(16,3)4/h11-12,15-16,26H,7-10H2,1-6H3/b13-11-,14-12-/t15-,16+,21-,22+. The number of ketones is 2. The van der Waals surface area contributed by atoms with Crippen molar-refractivity contribution >= 4 is 11.6 Å². The normalized spacial score (nSPS) is 45.3. The van der Waals surface area contributed by atoms with Gasteiger partial charge >= 0.3 is 0 Å². The minimum atomic E-state index is -0.338. The molecule has 0 saturated heterocycles. The molecule has 4 aliphatic carbocycles. The highest BCUT2D eigenvalue weighted by Crippen LogP contribution is 2.66. The van der Waals surface area contributed by atoms with Crippen molar-refractivity contribution in [2.24, 2.45) is 33.5 Å². The predicted molar refractivity (Wildman–Crippen MR) is 99.0 cm³/mol. The van der Waals surface area contributed by atoms with Gasteiger partial charge in [-0.15, -0.1) is 0 Å². The van der Waals surface area contributed by atoms with Crippen LogP contribution in [0, 0.1) is 33.5 Å². The molecule has 0 radical (unpaired) electrons. The number of hydrogen-bond donors (Lipinski definition) is 1. The average Bonchev–Trinajstić information content (AvgIpc) is 3.02. The van der Waals surface area contributed by atoms with E-state index in [1.54, 1.807) is 12.4 Å². The van der Waals surface area contributed by atoms with E-state index in [-0.39, 0.29) is 45.1 Å². The van der Waals surface area contributed by atoms with E-state index in [2.05, 4.69) is 41.5 Å². The lowest BCUT2D eigenvalue weighted by Crippen LogP contribution is -2.32. The number of hydroxylamine groups is 2. The maximum absolute atomic E-state index is 12.9. The van der Waals surface area contributed by atoms with E-state index in [0.29, 0.717) is 11.1 Å². The summed E-state index contributed by atoms with van der Waals surface area (Å²) in [5.74, 6) is 0.668. The molecule has 1 N–H and O–H groups in total. The van der Waals surface area contributed by atoms with Gasteiger partial charge in [0.05, 0.1) is 0 Å². The van der Waals surface area contributed by atoms with E-state index in [1.165, 1.54) is 0 Å². The number of nitrogens with zero attached hydrogens (tertiary/aromatic N) is 1. The molecule has 0 aromatic carbocycles. The topological polar surface area (TPSA) is 57.6 Å². The molecule has 4 heteroatoms. The fourth-order valence-corrected chi connectivity index (χ4v) is 6.48. The molecule has 0 aromatic rings. The highest BCUT2D eigenvalue weighted by atomic mass is 16.5. The lowest BCUT2D eigenvalue weighted by atomic mass is 9.70. The summed E-state index contributed by atoms with van der Waals surface area (Å²) < 4.78 is 0. The van der Waals surface area contributed by atoms with Gasteiger partial charge in [-0.2, -0.15) is 0 Å². The van der Waals surface area contributed by atoms with Gasteiger partial charge in [0, 0.05) is 34.4 Å². The zero-order valence-electron chi connectivity index (χ0n) is 16.8. The molecule has 4 fully saturated rings. The highest BCUT2D eigenvalue weighted by molar-refractivity contribution is 6.05. The van der Waals surface area contributed by atoms with Crippen LogP contribution >= 0.6 is 0 Å². The van der Waals surface area contributed by atoms with E-state index >= 15 is 0 Å². The van der Waals surface area contributed by atoms with Crippen LogP contribution in [0.4, 0.5) is 0 Å². The van der Waals surface area contributed by atoms with Crippen LogP contribution < -0.4 is 0 Å². The second-order valence-corrected chi connectivity index (χ2v) is 10.5. The van der Waals surface area contributed by atoms with Gasteiger partial charge in [0.15, 0.2) is 11.6 Å². The molecule has 0 spiro atoms. The minimum absolute atomic E-state index is 0.0817. The number of carbonyl (C=O) groups excluding carboxylic acids is 2. The van der Waals surface area contributed by atoms with Gasteiger partial charge in [-0.25, -0.2) is 5.06 Å². The maximum atomic E-state index is 12.9. The highest BCUT2D eigenvalue weighted by Gasteiger charge is 2.65. The largest absolute Gasteiger partial charge is 0.294 e. The van der Waals surface area contributed by atoms with Gasteiger partial charge in [-0.3, -0.25) is 14.8 Å². The van der Waals surface area contributed by atoms with Crippen LogP contribution in [0.25, 0.3) is 0 Å². The van der Waals surface area contributed by atoms with Crippen LogP contribution in [0.15, 0.2) is 23.5 Å². The fourth-order valence-electron chi connectivity index (χ4n) is 6.48. The van der Waals surface area contributed by atoms with Crippen molar-refractivity contribution in [2.75, 3.05) is 0 Å². The Morgan fingerprint density at radius 1 is 0.808 bits per heavy atom. The van der Waals surface area contributed by atoms with Gasteiger partial charge < -0.3 is 0 Å². The molecule has 26 heavy (non-hydrogen) atoms. The quantitative estimate of drug-likeness (QED) is 0.584. The summed E-state index contributed by atoms with van der Waals surface area (Å²) in [5, 5.41) is 11.5. The van der Waals surface area contributed by atoms with Crippen molar-refractivity contribution in [1.82, 2.24) is 5.06 Å². The molecular formula is C22H31NO3. The number of hydrogen-bond acceptors (Lipinski definition) is 4. The Labute approximate surface area is 156 Å². The third-order valence-electron chi connectivity index (χ3n) is 9.27. The molecule has 4 nitrogen and oxygen atoms in total. The Morgan fingerprint density at radius 2 is 1.15 bits per heavy atom. The van der Waals surface area contributed by atoms with Crippen molar-refractivity contribution < 1.29 is 14.8 Å². The van der Waals surface area contributed by atoms with Crippen molar-refractivity contribution in [3.05, 3.63) is 23.5 Å². The lowest BCUT2D eigenvalue weighted by Gasteiger charge is -2.31. The average molecular weight is 357 g/mol. The lowest BCUT2D eigenvalue weighted by molar-refractivity contribution is -0.126. The van der Waals surface area contributed by atoms with Crippen LogP contribution in [-0.4, -0.2) is 21.8 Å². The Morgan fingerprint density at radius 3 is 1.42 bits per heavy atom. The summed E-state index contributed by atoms with van der Waals surface area (Å²) in [6.45, 7) is 12.7. The summed E-state index contributed by atoms with van der Waals surface area (Å²) in [6, 6.07) is 0. The Kier molecular flexibility index (Phi) is 3.38. The van der Waals surface area contributed by atoms with Crippen LogP contribution in [0.3, 0.4) is 0 Å². The van der Waals surface area contributed by atoms with Crippen LogP contribution in [-0.2, 0) is 9.59 Å². The van der Waals surface area contributed by atoms with Crippen LogP contribution in [0.2, 0.25) is 0 Å². The van der Waals surface area contributed by atoms with Crippen molar-refractivity contribution in [2.45, 2.75) is 67.2 Å². The molecule has 4 saturated carbocycles. The molecule has 142 valence electrons. The molecule has 0 heterocycles. The van der Waals surface area contributed by atoms with Crippen molar-refractivity contribution in [1.29, 1.82) is 0 Å². The number of rotatable bonds is 2. The number of carbonyl (C=O) groups is 2. The number of allylic oxidation sites excluding steroid dienone is 2. The molecule has 0 aromatic heterocycles. The van der Waals surface area contributed by atoms with Crippen molar-refractivity contribution in [3.63, 3.8) is 0 Å².